The monoisotopic (exact) mass is 1000 g/mol. The Kier molecular flexibility index (Phi) is 15.3. The predicted octanol–water partition coefficient (Wildman–Crippen LogP) is -0.416. The van der Waals surface area contributed by atoms with Crippen molar-refractivity contribution in [3.63, 3.8) is 0 Å². The van der Waals surface area contributed by atoms with Gasteiger partial charge in [0, 0.05) is 50.0 Å². The van der Waals surface area contributed by atoms with Gasteiger partial charge in [0.25, 0.3) is 0 Å². The van der Waals surface area contributed by atoms with Gasteiger partial charge >= 0.3 is 11.9 Å². The maximum Gasteiger partial charge on any atom is 0.331 e. The van der Waals surface area contributed by atoms with Crippen LogP contribution in [0.3, 0.4) is 0 Å². The molecule has 8 fully saturated rings. The Morgan fingerprint density at radius 3 is 1.91 bits per heavy atom. The van der Waals surface area contributed by atoms with Crippen LogP contribution >= 0.6 is 0 Å². The van der Waals surface area contributed by atoms with E-state index < -0.39 is 152 Å². The summed E-state index contributed by atoms with van der Waals surface area (Å²) in [5.41, 5.74) is -1.92. The molecule has 21 heteroatoms. The van der Waals surface area contributed by atoms with Crippen molar-refractivity contribution in [2.24, 2.45) is 34.5 Å². The lowest BCUT2D eigenvalue weighted by atomic mass is 9.42. The number of aliphatic hydroxyl groups excluding tert-OH is 8. The molecular formula is C49H76O21. The highest BCUT2D eigenvalue weighted by molar-refractivity contribution is 5.85. The highest BCUT2D eigenvalue weighted by atomic mass is 16.8. The van der Waals surface area contributed by atoms with E-state index in [1.165, 1.54) is 13.0 Å². The molecule has 398 valence electrons. The lowest BCUT2D eigenvalue weighted by Crippen LogP contribution is -2.67. The maximum atomic E-state index is 12.6. The van der Waals surface area contributed by atoms with Gasteiger partial charge in [-0.3, -0.25) is 4.79 Å². The quantitative estimate of drug-likeness (QED) is 0.0938. The van der Waals surface area contributed by atoms with Crippen LogP contribution in [-0.2, 0) is 57.0 Å². The van der Waals surface area contributed by atoms with Gasteiger partial charge in [0.1, 0.15) is 55.4 Å². The van der Waals surface area contributed by atoms with E-state index in [-0.39, 0.29) is 61.6 Å². The molecule has 9 aliphatic rings. The number of rotatable bonds is 11. The lowest BCUT2D eigenvalue weighted by molar-refractivity contribution is -0.355. The molecule has 27 atom stereocenters. The van der Waals surface area contributed by atoms with Crippen molar-refractivity contribution in [2.75, 3.05) is 13.2 Å². The number of aliphatic hydroxyl groups is 9. The summed E-state index contributed by atoms with van der Waals surface area (Å²) in [6, 6.07) is 0. The molecule has 0 spiro atoms. The second-order valence-corrected chi connectivity index (χ2v) is 22.4. The van der Waals surface area contributed by atoms with Gasteiger partial charge in [-0.15, -0.1) is 0 Å². The van der Waals surface area contributed by atoms with Crippen LogP contribution in [0.4, 0.5) is 0 Å². The van der Waals surface area contributed by atoms with Crippen molar-refractivity contribution in [3.8, 4) is 0 Å². The molecule has 9 N–H and O–H groups in total. The molecule has 9 rings (SSSR count). The van der Waals surface area contributed by atoms with Crippen LogP contribution in [-0.4, -0.2) is 200 Å². The number of hydrogen-bond donors (Lipinski definition) is 9. The van der Waals surface area contributed by atoms with Crippen LogP contribution in [0.1, 0.15) is 106 Å². The fraction of sp³-hybridized carbons (Fsp3) is 0.918. The number of carbonyl (C=O) groups is 2. The summed E-state index contributed by atoms with van der Waals surface area (Å²) in [7, 11) is 0. The van der Waals surface area contributed by atoms with E-state index in [2.05, 4.69) is 6.92 Å². The third kappa shape index (κ3) is 9.43. The fourth-order valence-electron chi connectivity index (χ4n) is 14.7. The average molecular weight is 1000 g/mol. The third-order valence-corrected chi connectivity index (χ3v) is 18.3. The zero-order valence-electron chi connectivity index (χ0n) is 40.8. The smallest absolute Gasteiger partial charge is 0.331 e. The van der Waals surface area contributed by atoms with Crippen LogP contribution in [0.2, 0.25) is 0 Å². The second kappa shape index (κ2) is 20.3. The SMILES string of the molecule is CC(=O)OC1CC(OC2C(O)CC(OC3C(O)CC(OC4CC[C@@]5(C)C(CCC6C5CC(O)[C@]5(C)C(C7=CC(=O)OC7)C(O)C[C@]65O)C4)OC3C)OC2C)OC(C)C1OC1OC(CO)C(O)C(O)C1O. The molecule has 0 aromatic rings. The van der Waals surface area contributed by atoms with Crippen LogP contribution in [0, 0.1) is 34.5 Å². The number of ether oxygens (including phenoxy) is 10. The largest absolute Gasteiger partial charge is 0.459 e. The summed E-state index contributed by atoms with van der Waals surface area (Å²) in [6.45, 7) is 9.87. The van der Waals surface area contributed by atoms with E-state index in [4.69, 9.17) is 47.4 Å². The highest BCUT2D eigenvalue weighted by Crippen LogP contribution is 2.70. The molecule has 0 radical (unpaired) electrons. The van der Waals surface area contributed by atoms with Gasteiger partial charge in [0.05, 0.1) is 61.0 Å². The standard InChI is InChI=1S/C49H76O21/c1-20-43(68-37-15-30(53)44(21(2)63-37)69-38-16-32(65-23(4)51)45(22(3)64-38)70-46-42(59)41(58)40(57)33(18-50)67-46)29(52)14-36(62-20)66-26-9-10-47(5)25(12-26)7-8-27-28(47)13-34(55)48(6)39(24-11-35(56)61-19-24)31(54)17-49(27,48)60/h11,20-22,25-34,36-46,50,52-55,57-60H,7-10,12-19H2,1-6H3/t20?,21?,22?,25?,26?,27?,28?,29?,30?,31?,32?,33?,34?,36?,37?,38?,39?,40?,41?,42?,43?,44?,45?,46?,47-,48+,49-/m0/s1. The van der Waals surface area contributed by atoms with E-state index in [9.17, 15) is 55.5 Å². The van der Waals surface area contributed by atoms with Gasteiger partial charge in [-0.1, -0.05) is 13.8 Å². The Morgan fingerprint density at radius 1 is 0.714 bits per heavy atom. The summed E-state index contributed by atoms with van der Waals surface area (Å²) in [5, 5.41) is 99.5. The third-order valence-electron chi connectivity index (χ3n) is 18.3. The molecule has 70 heavy (non-hydrogen) atoms. The number of esters is 2. The van der Waals surface area contributed by atoms with Gasteiger partial charge in [0.2, 0.25) is 0 Å². The molecule has 21 nitrogen and oxygen atoms in total. The Bertz CT molecular complexity index is 1880. The van der Waals surface area contributed by atoms with Gasteiger partial charge in [-0.05, 0) is 88.0 Å². The van der Waals surface area contributed by atoms with Crippen molar-refractivity contribution < 1.29 is 103 Å². The first-order valence-electron chi connectivity index (χ1n) is 25.4. The summed E-state index contributed by atoms with van der Waals surface area (Å²) in [6.07, 6.45) is -14.3. The summed E-state index contributed by atoms with van der Waals surface area (Å²) in [5.74, 6) is -1.55. The molecular weight excluding hydrogens is 925 g/mol. The summed E-state index contributed by atoms with van der Waals surface area (Å²) >= 11 is 0. The van der Waals surface area contributed by atoms with Crippen LogP contribution in [0.5, 0.6) is 0 Å². The molecule has 24 unspecified atom stereocenters. The molecule has 4 saturated carbocycles. The van der Waals surface area contributed by atoms with Crippen molar-refractivity contribution in [1.29, 1.82) is 0 Å². The summed E-state index contributed by atoms with van der Waals surface area (Å²) in [4.78, 5) is 24.2. The van der Waals surface area contributed by atoms with Crippen LogP contribution in [0.25, 0.3) is 0 Å². The minimum Gasteiger partial charge on any atom is -0.459 e. The van der Waals surface area contributed by atoms with Gasteiger partial charge < -0.3 is 93.3 Å². The molecule has 0 aromatic heterocycles. The number of carbonyl (C=O) groups excluding carboxylic acids is 2. The van der Waals surface area contributed by atoms with E-state index >= 15 is 0 Å². The second-order valence-electron chi connectivity index (χ2n) is 22.4. The van der Waals surface area contributed by atoms with Crippen molar-refractivity contribution in [3.05, 3.63) is 11.6 Å². The number of cyclic esters (lactones) is 1. The van der Waals surface area contributed by atoms with Gasteiger partial charge in [-0.25, -0.2) is 4.79 Å². The molecule has 4 aliphatic carbocycles. The average Bonchev–Trinajstić information content (AvgIpc) is 3.80. The zero-order chi connectivity index (χ0) is 50.4. The summed E-state index contributed by atoms with van der Waals surface area (Å²) < 4.78 is 59.9. The Morgan fingerprint density at radius 2 is 1.33 bits per heavy atom. The predicted molar refractivity (Wildman–Crippen MR) is 236 cm³/mol. The molecule has 0 bridgehead atoms. The topological polar surface area (TPSA) is 309 Å². The molecule has 0 amide bonds. The minimum atomic E-state index is -1.69. The van der Waals surface area contributed by atoms with E-state index in [0.29, 0.717) is 12.0 Å². The Hall–Kier alpha value is -2.00. The first-order chi connectivity index (χ1) is 33.1. The van der Waals surface area contributed by atoms with Gasteiger partial charge in [0.15, 0.2) is 25.2 Å². The molecule has 4 saturated heterocycles. The normalized spacial score (nSPS) is 53.8. The number of hydrogen-bond acceptors (Lipinski definition) is 21. The molecule has 0 aromatic carbocycles. The van der Waals surface area contributed by atoms with Crippen LogP contribution in [0.15, 0.2) is 11.6 Å². The van der Waals surface area contributed by atoms with Crippen LogP contribution < -0.4 is 0 Å². The first kappa shape index (κ1) is 52.8. The van der Waals surface area contributed by atoms with E-state index in [1.807, 2.05) is 6.92 Å². The molecule has 5 heterocycles. The Labute approximate surface area is 407 Å². The molecule has 5 aliphatic heterocycles. The van der Waals surface area contributed by atoms with Crippen molar-refractivity contribution >= 4 is 11.9 Å². The van der Waals surface area contributed by atoms with E-state index in [0.717, 1.165) is 32.1 Å². The fourth-order valence-corrected chi connectivity index (χ4v) is 14.7. The highest BCUT2D eigenvalue weighted by Gasteiger charge is 2.73. The zero-order valence-corrected chi connectivity index (χ0v) is 40.8. The first-order valence-corrected chi connectivity index (χ1v) is 25.4. The van der Waals surface area contributed by atoms with Crippen molar-refractivity contribution in [2.45, 2.75) is 234 Å². The van der Waals surface area contributed by atoms with E-state index in [1.54, 1.807) is 20.8 Å². The minimum absolute atomic E-state index is 0.0175. The maximum absolute atomic E-state index is 12.6. The lowest BCUT2D eigenvalue weighted by Gasteiger charge is -2.65. The number of fused-ring (bicyclic) bond motifs is 5. The van der Waals surface area contributed by atoms with Gasteiger partial charge in [-0.2, -0.15) is 0 Å². The Balaban J connectivity index is 0.756. The van der Waals surface area contributed by atoms with Crippen molar-refractivity contribution in [1.82, 2.24) is 0 Å².